The Morgan fingerprint density at radius 1 is 1.25 bits per heavy atom. The fourth-order valence-corrected chi connectivity index (χ4v) is 3.18. The molecule has 7 nitrogen and oxygen atoms in total. The number of rotatable bonds is 5. The van der Waals surface area contributed by atoms with Crippen LogP contribution in [0.2, 0.25) is 0 Å². The zero-order valence-electron chi connectivity index (χ0n) is 15.5. The summed E-state index contributed by atoms with van der Waals surface area (Å²) in [5.41, 5.74) is 1.56. The normalized spacial score (nSPS) is 19.6. The second-order valence-electron chi connectivity index (χ2n) is 6.44. The van der Waals surface area contributed by atoms with Crippen molar-refractivity contribution < 1.29 is 27.8 Å². The molecule has 3 rings (SSSR count). The van der Waals surface area contributed by atoms with Gasteiger partial charge in [0.05, 0.1) is 12.0 Å². The van der Waals surface area contributed by atoms with E-state index in [4.69, 9.17) is 4.74 Å². The van der Waals surface area contributed by atoms with Gasteiger partial charge in [-0.15, -0.1) is 0 Å². The third kappa shape index (κ3) is 3.88. The lowest BCUT2D eigenvalue weighted by molar-refractivity contribution is -0.127. The van der Waals surface area contributed by atoms with E-state index >= 15 is 0 Å². The first-order valence-corrected chi connectivity index (χ1v) is 8.53. The summed E-state index contributed by atoms with van der Waals surface area (Å²) in [5, 5.41) is 2.30. The molecular weight excluding hydrogens is 372 g/mol. The van der Waals surface area contributed by atoms with Gasteiger partial charge in [-0.05, 0) is 42.3 Å². The lowest BCUT2D eigenvalue weighted by atomic mass is 9.88. The van der Waals surface area contributed by atoms with E-state index < -0.39 is 24.6 Å². The van der Waals surface area contributed by atoms with Crippen LogP contribution in [0.1, 0.15) is 24.1 Å². The van der Waals surface area contributed by atoms with E-state index in [0.29, 0.717) is 5.75 Å². The monoisotopic (exact) mass is 391 g/mol. The second kappa shape index (κ2) is 7.79. The number of hydrogen-bond donors (Lipinski definition) is 1. The highest BCUT2D eigenvalue weighted by Crippen LogP contribution is 2.36. The van der Waals surface area contributed by atoms with Crippen LogP contribution in [0.15, 0.2) is 36.5 Å². The largest absolute Gasteiger partial charge is 0.436 e. The number of nitrogens with one attached hydrogen (secondary N) is 1. The van der Waals surface area contributed by atoms with Crippen LogP contribution in [0, 0.1) is 12.8 Å². The number of carbonyl (C=O) groups is 2. The molecule has 1 N–H and O–H groups in total. The minimum Gasteiger partial charge on any atom is -0.436 e. The zero-order valence-corrected chi connectivity index (χ0v) is 15.5. The van der Waals surface area contributed by atoms with Gasteiger partial charge in [0.2, 0.25) is 5.91 Å². The Balaban J connectivity index is 1.87. The quantitative estimate of drug-likeness (QED) is 0.842. The van der Waals surface area contributed by atoms with Crippen LogP contribution in [-0.4, -0.2) is 35.5 Å². The van der Waals surface area contributed by atoms with Crippen molar-refractivity contribution in [3.63, 3.8) is 0 Å². The molecule has 1 fully saturated rings. The molecule has 28 heavy (non-hydrogen) atoms. The maximum atomic E-state index is 12.5. The van der Waals surface area contributed by atoms with Gasteiger partial charge in [-0.25, -0.2) is 9.78 Å². The zero-order chi connectivity index (χ0) is 20.4. The van der Waals surface area contributed by atoms with E-state index in [9.17, 15) is 18.4 Å². The maximum Gasteiger partial charge on any atom is 0.387 e. The van der Waals surface area contributed by atoms with Gasteiger partial charge >= 0.3 is 12.6 Å². The molecular formula is C19H19F2N3O4. The molecule has 1 saturated heterocycles. The summed E-state index contributed by atoms with van der Waals surface area (Å²) in [4.78, 5) is 29.4. The van der Waals surface area contributed by atoms with Gasteiger partial charge in [0.1, 0.15) is 5.75 Å². The maximum absolute atomic E-state index is 12.5. The molecule has 0 bridgehead atoms. The number of aryl methyl sites for hydroxylation is 1. The molecule has 2 atom stereocenters. The predicted octanol–water partition coefficient (Wildman–Crippen LogP) is 3.64. The standard InChI is InChI=1S/C19H19F2N3O4/c1-10-9-12(27-17-14(28-18(20)21)5-4-8-22-17)6-7-13(10)15-11(2)16(25)23-19(26)24(15)3/h4-9,11,15,18H,1-3H3,(H,23,25,26). The summed E-state index contributed by atoms with van der Waals surface area (Å²) in [5.74, 6) is -0.680. The summed E-state index contributed by atoms with van der Waals surface area (Å²) >= 11 is 0. The lowest BCUT2D eigenvalue weighted by Crippen LogP contribution is -2.53. The number of pyridine rings is 1. The molecule has 3 amide bonds. The number of halogens is 2. The fraction of sp³-hybridized carbons (Fsp3) is 0.316. The van der Waals surface area contributed by atoms with Crippen LogP contribution in [0.4, 0.5) is 13.6 Å². The van der Waals surface area contributed by atoms with E-state index in [1.807, 2.05) is 6.92 Å². The van der Waals surface area contributed by atoms with Gasteiger partial charge in [-0.2, -0.15) is 8.78 Å². The molecule has 0 spiro atoms. The first-order chi connectivity index (χ1) is 13.3. The van der Waals surface area contributed by atoms with Crippen LogP contribution in [-0.2, 0) is 4.79 Å². The minimum absolute atomic E-state index is 0.0901. The SMILES string of the molecule is Cc1cc(Oc2ncccc2OC(F)F)ccc1C1C(C)C(=O)NC(=O)N1C. The first kappa shape index (κ1) is 19.5. The number of urea groups is 1. The van der Waals surface area contributed by atoms with E-state index in [1.165, 1.54) is 23.2 Å². The number of aromatic nitrogens is 1. The number of alkyl halides is 2. The molecule has 2 aromatic rings. The number of nitrogens with zero attached hydrogens (tertiary/aromatic N) is 2. The molecule has 0 radical (unpaired) electrons. The third-order valence-electron chi connectivity index (χ3n) is 4.58. The van der Waals surface area contributed by atoms with E-state index in [2.05, 4.69) is 15.0 Å². The Hall–Kier alpha value is -3.23. The van der Waals surface area contributed by atoms with Crippen molar-refractivity contribution in [1.82, 2.24) is 15.2 Å². The Morgan fingerprint density at radius 3 is 2.68 bits per heavy atom. The van der Waals surface area contributed by atoms with Crippen LogP contribution < -0.4 is 14.8 Å². The molecule has 2 heterocycles. The molecule has 148 valence electrons. The van der Waals surface area contributed by atoms with Crippen molar-refractivity contribution in [2.45, 2.75) is 26.5 Å². The minimum atomic E-state index is -3.00. The number of carbonyl (C=O) groups excluding carboxylic acids is 2. The molecule has 1 aromatic heterocycles. The smallest absolute Gasteiger partial charge is 0.387 e. The highest BCUT2D eigenvalue weighted by atomic mass is 19.3. The first-order valence-electron chi connectivity index (χ1n) is 8.53. The predicted molar refractivity (Wildman–Crippen MR) is 95.3 cm³/mol. The van der Waals surface area contributed by atoms with Gasteiger partial charge in [0, 0.05) is 13.2 Å². The average molecular weight is 391 g/mol. The summed E-state index contributed by atoms with van der Waals surface area (Å²) in [6, 6.07) is 6.96. The number of amides is 3. The van der Waals surface area contributed by atoms with Gasteiger partial charge in [-0.1, -0.05) is 13.0 Å². The van der Waals surface area contributed by atoms with Gasteiger partial charge in [0.25, 0.3) is 5.88 Å². The molecule has 1 aromatic carbocycles. The highest BCUT2D eigenvalue weighted by Gasteiger charge is 2.38. The molecule has 1 aliphatic heterocycles. The molecule has 0 saturated carbocycles. The molecule has 2 unspecified atom stereocenters. The highest BCUT2D eigenvalue weighted by molar-refractivity contribution is 5.98. The van der Waals surface area contributed by atoms with Crippen molar-refractivity contribution in [1.29, 1.82) is 0 Å². The average Bonchev–Trinajstić information content (AvgIpc) is 2.63. The van der Waals surface area contributed by atoms with Crippen molar-refractivity contribution in [3.8, 4) is 17.4 Å². The third-order valence-corrected chi connectivity index (χ3v) is 4.58. The molecule has 0 aliphatic carbocycles. The van der Waals surface area contributed by atoms with Crippen LogP contribution in [0.5, 0.6) is 17.4 Å². The molecule has 9 heteroatoms. The Kier molecular flexibility index (Phi) is 5.43. The lowest BCUT2D eigenvalue weighted by Gasteiger charge is -2.37. The van der Waals surface area contributed by atoms with Gasteiger partial charge in [-0.3, -0.25) is 10.1 Å². The van der Waals surface area contributed by atoms with Crippen LogP contribution in [0.3, 0.4) is 0 Å². The van der Waals surface area contributed by atoms with Crippen molar-refractivity contribution in [2.75, 3.05) is 7.05 Å². The number of hydrogen-bond acceptors (Lipinski definition) is 5. The summed E-state index contributed by atoms with van der Waals surface area (Å²) in [6.07, 6.45) is 1.40. The van der Waals surface area contributed by atoms with E-state index in [1.54, 1.807) is 32.2 Å². The Morgan fingerprint density at radius 2 is 2.00 bits per heavy atom. The van der Waals surface area contributed by atoms with Crippen LogP contribution in [0.25, 0.3) is 0 Å². The Bertz CT molecular complexity index is 886. The van der Waals surface area contributed by atoms with Crippen molar-refractivity contribution in [2.24, 2.45) is 5.92 Å². The summed E-state index contributed by atoms with van der Waals surface area (Å²) in [7, 11) is 1.62. The number of ether oxygens (including phenoxy) is 2. The molecule has 1 aliphatic rings. The van der Waals surface area contributed by atoms with Crippen molar-refractivity contribution in [3.05, 3.63) is 47.7 Å². The van der Waals surface area contributed by atoms with Crippen LogP contribution >= 0.6 is 0 Å². The van der Waals surface area contributed by atoms with E-state index in [-0.39, 0.29) is 17.5 Å². The van der Waals surface area contributed by atoms with Gasteiger partial charge < -0.3 is 14.4 Å². The van der Waals surface area contributed by atoms with Crippen molar-refractivity contribution >= 4 is 11.9 Å². The Labute approximate surface area is 160 Å². The number of imide groups is 1. The topological polar surface area (TPSA) is 80.8 Å². The summed E-state index contributed by atoms with van der Waals surface area (Å²) < 4.78 is 35.1. The van der Waals surface area contributed by atoms with Gasteiger partial charge in [0.15, 0.2) is 5.75 Å². The van der Waals surface area contributed by atoms with E-state index in [0.717, 1.165) is 11.1 Å². The second-order valence-corrected chi connectivity index (χ2v) is 6.44. The summed E-state index contributed by atoms with van der Waals surface area (Å²) in [6.45, 7) is 0.561. The fourth-order valence-electron chi connectivity index (χ4n) is 3.18. The number of benzene rings is 1.